The molecule has 0 radical (unpaired) electrons. The van der Waals surface area contributed by atoms with Gasteiger partial charge >= 0.3 is 6.03 Å². The molecule has 0 saturated carbocycles. The first-order valence-corrected chi connectivity index (χ1v) is 4.83. The summed E-state index contributed by atoms with van der Waals surface area (Å²) in [6.07, 6.45) is 0.638. The van der Waals surface area contributed by atoms with Crippen LogP contribution in [0.3, 0.4) is 0 Å². The van der Waals surface area contributed by atoms with Crippen molar-refractivity contribution in [3.8, 4) is 0 Å². The number of anilines is 1. The van der Waals surface area contributed by atoms with Crippen molar-refractivity contribution in [2.45, 2.75) is 6.42 Å². The van der Waals surface area contributed by atoms with Gasteiger partial charge in [0.25, 0.3) is 0 Å². The number of carbonyl (C=O) groups excluding carboxylic acids is 1. The van der Waals surface area contributed by atoms with Crippen molar-refractivity contribution in [3.05, 3.63) is 29.8 Å². The summed E-state index contributed by atoms with van der Waals surface area (Å²) < 4.78 is 25.6. The number of hydrogen-bond donors (Lipinski definition) is 3. The molecule has 16 heavy (non-hydrogen) atoms. The highest BCUT2D eigenvalue weighted by Crippen LogP contribution is 2.14. The van der Waals surface area contributed by atoms with Crippen LogP contribution in [0.4, 0.5) is 19.3 Å². The van der Waals surface area contributed by atoms with Crippen LogP contribution in [0.15, 0.2) is 18.2 Å². The Morgan fingerprint density at radius 3 is 2.75 bits per heavy atom. The van der Waals surface area contributed by atoms with Gasteiger partial charge in [-0.05, 0) is 25.1 Å². The summed E-state index contributed by atoms with van der Waals surface area (Å²) in [6.45, 7) is 0.871. The lowest BCUT2D eigenvalue weighted by Crippen LogP contribution is -2.30. The van der Waals surface area contributed by atoms with E-state index in [0.29, 0.717) is 25.6 Å². The minimum Gasteiger partial charge on any atom is -0.338 e. The van der Waals surface area contributed by atoms with Gasteiger partial charge < -0.3 is 16.4 Å². The van der Waals surface area contributed by atoms with Crippen LogP contribution in [0.2, 0.25) is 0 Å². The van der Waals surface area contributed by atoms with Gasteiger partial charge in [0, 0.05) is 12.6 Å². The smallest absolute Gasteiger partial charge is 0.319 e. The fourth-order valence-corrected chi connectivity index (χ4v) is 1.06. The summed E-state index contributed by atoms with van der Waals surface area (Å²) in [4.78, 5) is 11.2. The van der Waals surface area contributed by atoms with Crippen molar-refractivity contribution in [1.82, 2.24) is 5.32 Å². The Morgan fingerprint density at radius 2 is 2.12 bits per heavy atom. The van der Waals surface area contributed by atoms with Gasteiger partial charge in [0.15, 0.2) is 0 Å². The number of halogens is 2. The third-order valence-corrected chi connectivity index (χ3v) is 1.85. The highest BCUT2D eigenvalue weighted by Gasteiger charge is 2.06. The van der Waals surface area contributed by atoms with Gasteiger partial charge in [0.05, 0.1) is 5.69 Å². The minimum atomic E-state index is -0.811. The van der Waals surface area contributed by atoms with Crippen molar-refractivity contribution in [3.63, 3.8) is 0 Å². The van der Waals surface area contributed by atoms with E-state index >= 15 is 0 Å². The molecule has 1 rings (SSSR count). The van der Waals surface area contributed by atoms with Crippen LogP contribution < -0.4 is 16.4 Å². The Kier molecular flexibility index (Phi) is 4.65. The lowest BCUT2D eigenvalue weighted by Gasteiger charge is -2.07. The van der Waals surface area contributed by atoms with Crippen LogP contribution in [0.5, 0.6) is 0 Å². The van der Waals surface area contributed by atoms with E-state index in [1.165, 1.54) is 0 Å². The van der Waals surface area contributed by atoms with Gasteiger partial charge in [-0.1, -0.05) is 0 Å². The van der Waals surface area contributed by atoms with Crippen LogP contribution >= 0.6 is 0 Å². The van der Waals surface area contributed by atoms with E-state index in [2.05, 4.69) is 10.6 Å². The molecule has 0 spiro atoms. The molecule has 0 atom stereocenters. The standard InChI is InChI=1S/C10H13F2N3O/c11-7-2-3-9(8(12)6-7)15-10(16)14-5-1-4-13/h2-3,6H,1,4-5,13H2,(H2,14,15,16). The Hall–Kier alpha value is -1.69. The van der Waals surface area contributed by atoms with E-state index in [1.807, 2.05) is 0 Å². The van der Waals surface area contributed by atoms with Gasteiger partial charge in [-0.2, -0.15) is 0 Å². The summed E-state index contributed by atoms with van der Waals surface area (Å²) in [6, 6.07) is 2.39. The highest BCUT2D eigenvalue weighted by molar-refractivity contribution is 5.89. The molecule has 0 aliphatic rings. The monoisotopic (exact) mass is 229 g/mol. The van der Waals surface area contributed by atoms with Gasteiger partial charge in [-0.15, -0.1) is 0 Å². The topological polar surface area (TPSA) is 67.1 Å². The molecule has 0 heterocycles. The number of benzene rings is 1. The molecular weight excluding hydrogens is 216 g/mol. The number of amides is 2. The van der Waals surface area contributed by atoms with Crippen molar-refractivity contribution in [2.75, 3.05) is 18.4 Å². The van der Waals surface area contributed by atoms with Crippen LogP contribution in [-0.4, -0.2) is 19.1 Å². The van der Waals surface area contributed by atoms with Crippen molar-refractivity contribution in [2.24, 2.45) is 5.73 Å². The molecule has 4 nitrogen and oxygen atoms in total. The predicted molar refractivity (Wildman–Crippen MR) is 57.1 cm³/mol. The maximum absolute atomic E-state index is 13.1. The second kappa shape index (κ2) is 6.02. The van der Waals surface area contributed by atoms with E-state index in [-0.39, 0.29) is 5.69 Å². The zero-order chi connectivity index (χ0) is 12.0. The molecule has 6 heteroatoms. The summed E-state index contributed by atoms with van der Waals surface area (Å²) in [5.74, 6) is -1.50. The van der Waals surface area contributed by atoms with E-state index in [1.54, 1.807) is 0 Å². The van der Waals surface area contributed by atoms with Gasteiger partial charge in [0.2, 0.25) is 0 Å². The largest absolute Gasteiger partial charge is 0.338 e. The molecule has 4 N–H and O–H groups in total. The number of nitrogens with one attached hydrogen (secondary N) is 2. The Balaban J connectivity index is 2.49. The molecule has 2 amide bonds. The second-order valence-corrected chi connectivity index (χ2v) is 3.15. The van der Waals surface area contributed by atoms with E-state index in [4.69, 9.17) is 5.73 Å². The van der Waals surface area contributed by atoms with Gasteiger partial charge in [0.1, 0.15) is 11.6 Å². The molecule has 88 valence electrons. The number of hydrogen-bond acceptors (Lipinski definition) is 2. The third-order valence-electron chi connectivity index (χ3n) is 1.85. The predicted octanol–water partition coefficient (Wildman–Crippen LogP) is 1.44. The average molecular weight is 229 g/mol. The molecule has 0 aromatic heterocycles. The minimum absolute atomic E-state index is 0.0633. The average Bonchev–Trinajstić information content (AvgIpc) is 2.23. The maximum Gasteiger partial charge on any atom is 0.319 e. The van der Waals surface area contributed by atoms with Crippen LogP contribution in [0.1, 0.15) is 6.42 Å². The van der Waals surface area contributed by atoms with Crippen LogP contribution in [0, 0.1) is 11.6 Å². The number of rotatable bonds is 4. The molecular formula is C10H13F2N3O. The number of carbonyl (C=O) groups is 1. The van der Waals surface area contributed by atoms with E-state index in [9.17, 15) is 13.6 Å². The maximum atomic E-state index is 13.1. The summed E-state index contributed by atoms with van der Waals surface area (Å²) in [7, 11) is 0. The Labute approximate surface area is 91.8 Å². The molecule has 0 fully saturated rings. The van der Waals surface area contributed by atoms with Crippen LogP contribution in [-0.2, 0) is 0 Å². The van der Waals surface area contributed by atoms with E-state index < -0.39 is 17.7 Å². The van der Waals surface area contributed by atoms with Gasteiger partial charge in [-0.25, -0.2) is 13.6 Å². The van der Waals surface area contributed by atoms with Crippen molar-refractivity contribution < 1.29 is 13.6 Å². The fraction of sp³-hybridized carbons (Fsp3) is 0.300. The molecule has 0 aliphatic carbocycles. The highest BCUT2D eigenvalue weighted by atomic mass is 19.1. The lowest BCUT2D eigenvalue weighted by atomic mass is 10.3. The molecule has 1 aromatic carbocycles. The van der Waals surface area contributed by atoms with Gasteiger partial charge in [-0.3, -0.25) is 0 Å². The summed E-state index contributed by atoms with van der Waals surface area (Å²) in [5.41, 5.74) is 5.17. The first-order chi connectivity index (χ1) is 7.63. The molecule has 0 bridgehead atoms. The van der Waals surface area contributed by atoms with Crippen molar-refractivity contribution >= 4 is 11.7 Å². The second-order valence-electron chi connectivity index (χ2n) is 3.15. The third kappa shape index (κ3) is 3.82. The molecule has 0 aliphatic heterocycles. The number of urea groups is 1. The zero-order valence-corrected chi connectivity index (χ0v) is 8.59. The first-order valence-electron chi connectivity index (χ1n) is 4.83. The Morgan fingerprint density at radius 1 is 1.38 bits per heavy atom. The first kappa shape index (κ1) is 12.4. The van der Waals surface area contributed by atoms with Crippen molar-refractivity contribution in [1.29, 1.82) is 0 Å². The quantitative estimate of drug-likeness (QED) is 0.684. The summed E-state index contributed by atoms with van der Waals surface area (Å²) >= 11 is 0. The normalized spacial score (nSPS) is 9.94. The summed E-state index contributed by atoms with van der Waals surface area (Å²) in [5, 5.41) is 4.75. The molecule has 1 aromatic rings. The fourth-order valence-electron chi connectivity index (χ4n) is 1.06. The zero-order valence-electron chi connectivity index (χ0n) is 8.59. The molecule has 0 saturated heterocycles. The van der Waals surface area contributed by atoms with E-state index in [0.717, 1.165) is 12.1 Å². The molecule has 0 unspecified atom stereocenters. The Bertz CT molecular complexity index is 371. The lowest BCUT2D eigenvalue weighted by molar-refractivity contribution is 0.252. The SMILES string of the molecule is NCCCNC(=O)Nc1ccc(F)cc1F. The number of nitrogens with two attached hydrogens (primary N) is 1. The van der Waals surface area contributed by atoms with Crippen LogP contribution in [0.25, 0.3) is 0 Å².